The normalized spacial score (nSPS) is 12.8. The number of para-hydroxylation sites is 1. The Bertz CT molecular complexity index is 255. The summed E-state index contributed by atoms with van der Waals surface area (Å²) in [6.07, 6.45) is 3.61. The van der Waals surface area contributed by atoms with Crippen molar-refractivity contribution in [2.75, 3.05) is 5.73 Å². The first kappa shape index (κ1) is 10.1. The second kappa shape index (κ2) is 4.90. The van der Waals surface area contributed by atoms with Gasteiger partial charge in [-0.05, 0) is 30.4 Å². The van der Waals surface area contributed by atoms with Crippen molar-refractivity contribution in [3.63, 3.8) is 0 Å². The fourth-order valence-electron chi connectivity index (χ4n) is 1.37. The molecule has 13 heavy (non-hydrogen) atoms. The Morgan fingerprint density at radius 1 is 1.31 bits per heavy atom. The molecule has 0 amide bonds. The molecule has 0 aliphatic heterocycles. The van der Waals surface area contributed by atoms with Crippen LogP contribution >= 0.6 is 0 Å². The summed E-state index contributed by atoms with van der Waals surface area (Å²) in [5.74, 6) is 0.805. The molecule has 72 valence electrons. The topological polar surface area (TPSA) is 26.0 Å². The number of hydrogen-bond donors (Lipinski definition) is 1. The average Bonchev–Trinajstić information content (AvgIpc) is 2.16. The van der Waals surface area contributed by atoms with E-state index in [0.717, 1.165) is 18.0 Å². The summed E-state index contributed by atoms with van der Waals surface area (Å²) in [4.78, 5) is 0. The maximum atomic E-state index is 5.85. The lowest BCUT2D eigenvalue weighted by Crippen LogP contribution is -1.98. The predicted octanol–water partition coefficient (Wildman–Crippen LogP) is 3.25. The Balaban J connectivity index is 2.50. The second-order valence-corrected chi connectivity index (χ2v) is 3.75. The third kappa shape index (κ3) is 3.10. The van der Waals surface area contributed by atoms with Gasteiger partial charge in [0.2, 0.25) is 0 Å². The molecule has 2 N–H and O–H groups in total. The number of anilines is 1. The van der Waals surface area contributed by atoms with Gasteiger partial charge in [0.25, 0.3) is 0 Å². The van der Waals surface area contributed by atoms with Crippen LogP contribution in [-0.2, 0) is 6.42 Å². The van der Waals surface area contributed by atoms with Gasteiger partial charge in [-0.25, -0.2) is 0 Å². The molecule has 0 aromatic heterocycles. The molecule has 0 bridgehead atoms. The summed E-state index contributed by atoms with van der Waals surface area (Å²) in [6, 6.07) is 8.15. The zero-order valence-corrected chi connectivity index (χ0v) is 8.59. The van der Waals surface area contributed by atoms with Crippen LogP contribution < -0.4 is 5.73 Å². The minimum atomic E-state index is 0.805. The summed E-state index contributed by atoms with van der Waals surface area (Å²) in [7, 11) is 0. The molecule has 1 heteroatoms. The van der Waals surface area contributed by atoms with Gasteiger partial charge in [0, 0.05) is 5.69 Å². The molecule has 1 aromatic rings. The quantitative estimate of drug-likeness (QED) is 0.702. The number of aryl methyl sites for hydroxylation is 1. The van der Waals surface area contributed by atoms with Crippen LogP contribution in [0.2, 0.25) is 0 Å². The highest BCUT2D eigenvalue weighted by molar-refractivity contribution is 5.46. The van der Waals surface area contributed by atoms with Crippen molar-refractivity contribution in [1.29, 1.82) is 0 Å². The van der Waals surface area contributed by atoms with E-state index in [9.17, 15) is 0 Å². The fraction of sp³-hybridized carbons (Fsp3) is 0.500. The molecule has 0 spiro atoms. The van der Waals surface area contributed by atoms with Crippen molar-refractivity contribution in [3.05, 3.63) is 29.8 Å². The van der Waals surface area contributed by atoms with Crippen molar-refractivity contribution in [3.8, 4) is 0 Å². The van der Waals surface area contributed by atoms with Crippen molar-refractivity contribution >= 4 is 5.69 Å². The predicted molar refractivity (Wildman–Crippen MR) is 58.6 cm³/mol. The van der Waals surface area contributed by atoms with Crippen LogP contribution in [0.5, 0.6) is 0 Å². The Morgan fingerprint density at radius 3 is 2.62 bits per heavy atom. The minimum Gasteiger partial charge on any atom is -0.399 e. The maximum absolute atomic E-state index is 5.85. The Morgan fingerprint density at radius 2 is 2.00 bits per heavy atom. The van der Waals surface area contributed by atoms with Gasteiger partial charge in [-0.3, -0.25) is 0 Å². The van der Waals surface area contributed by atoms with Gasteiger partial charge in [0.05, 0.1) is 0 Å². The van der Waals surface area contributed by atoms with E-state index in [2.05, 4.69) is 26.0 Å². The largest absolute Gasteiger partial charge is 0.399 e. The van der Waals surface area contributed by atoms with Crippen LogP contribution in [0.15, 0.2) is 24.3 Å². The zero-order valence-electron chi connectivity index (χ0n) is 8.59. The van der Waals surface area contributed by atoms with E-state index in [0.29, 0.717) is 0 Å². The average molecular weight is 177 g/mol. The lowest BCUT2D eigenvalue weighted by atomic mass is 9.98. The van der Waals surface area contributed by atoms with E-state index in [4.69, 9.17) is 5.73 Å². The summed E-state index contributed by atoms with van der Waals surface area (Å²) < 4.78 is 0. The van der Waals surface area contributed by atoms with E-state index in [-0.39, 0.29) is 0 Å². The summed E-state index contributed by atoms with van der Waals surface area (Å²) >= 11 is 0. The molecule has 0 fully saturated rings. The van der Waals surface area contributed by atoms with E-state index >= 15 is 0 Å². The number of hydrogen-bond acceptors (Lipinski definition) is 1. The molecule has 1 atom stereocenters. The molecule has 0 heterocycles. The lowest BCUT2D eigenvalue weighted by molar-refractivity contribution is 0.517. The molecule has 0 aliphatic rings. The first-order chi connectivity index (χ1) is 6.24. The number of nitrogen functional groups attached to an aromatic ring is 1. The Hall–Kier alpha value is -0.980. The van der Waals surface area contributed by atoms with Gasteiger partial charge in [-0.1, -0.05) is 38.5 Å². The highest BCUT2D eigenvalue weighted by Gasteiger charge is 2.01. The monoisotopic (exact) mass is 177 g/mol. The fourth-order valence-corrected chi connectivity index (χ4v) is 1.37. The second-order valence-electron chi connectivity index (χ2n) is 3.75. The number of nitrogens with two attached hydrogens (primary N) is 1. The highest BCUT2D eigenvalue weighted by atomic mass is 14.6. The van der Waals surface area contributed by atoms with Gasteiger partial charge in [-0.15, -0.1) is 0 Å². The van der Waals surface area contributed by atoms with Crippen LogP contribution in [0.3, 0.4) is 0 Å². The first-order valence-electron chi connectivity index (χ1n) is 5.07. The molecule has 1 unspecified atom stereocenters. The highest BCUT2D eigenvalue weighted by Crippen LogP contribution is 2.16. The van der Waals surface area contributed by atoms with Crippen LogP contribution in [0, 0.1) is 5.92 Å². The van der Waals surface area contributed by atoms with Gasteiger partial charge < -0.3 is 5.73 Å². The van der Waals surface area contributed by atoms with E-state index in [1.807, 2.05) is 12.1 Å². The molecule has 0 aliphatic carbocycles. The number of benzene rings is 1. The molecule has 1 aromatic carbocycles. The molecule has 1 nitrogen and oxygen atoms in total. The number of rotatable bonds is 4. The molecule has 0 saturated heterocycles. The minimum absolute atomic E-state index is 0.805. The van der Waals surface area contributed by atoms with Crippen LogP contribution in [-0.4, -0.2) is 0 Å². The third-order valence-electron chi connectivity index (χ3n) is 2.66. The summed E-state index contributed by atoms with van der Waals surface area (Å²) in [5.41, 5.74) is 8.08. The van der Waals surface area contributed by atoms with Crippen LogP contribution in [0.4, 0.5) is 5.69 Å². The summed E-state index contributed by atoms with van der Waals surface area (Å²) in [6.45, 7) is 4.53. The van der Waals surface area contributed by atoms with E-state index < -0.39 is 0 Å². The van der Waals surface area contributed by atoms with Gasteiger partial charge in [-0.2, -0.15) is 0 Å². The Labute approximate surface area is 81.0 Å². The van der Waals surface area contributed by atoms with Crippen molar-refractivity contribution in [1.82, 2.24) is 0 Å². The van der Waals surface area contributed by atoms with E-state index in [1.165, 1.54) is 18.4 Å². The lowest BCUT2D eigenvalue weighted by Gasteiger charge is -2.09. The van der Waals surface area contributed by atoms with Crippen molar-refractivity contribution in [2.24, 2.45) is 5.92 Å². The molecular weight excluding hydrogens is 158 g/mol. The van der Waals surface area contributed by atoms with Crippen molar-refractivity contribution in [2.45, 2.75) is 33.1 Å². The van der Waals surface area contributed by atoms with Crippen molar-refractivity contribution < 1.29 is 0 Å². The smallest absolute Gasteiger partial charge is 0.0346 e. The summed E-state index contributed by atoms with van der Waals surface area (Å²) in [5, 5.41) is 0. The van der Waals surface area contributed by atoms with E-state index in [1.54, 1.807) is 0 Å². The van der Waals surface area contributed by atoms with Gasteiger partial charge in [0.15, 0.2) is 0 Å². The van der Waals surface area contributed by atoms with Gasteiger partial charge >= 0.3 is 0 Å². The zero-order chi connectivity index (χ0) is 9.68. The molecule has 0 saturated carbocycles. The standard InChI is InChI=1S/C12H19N/c1-3-10(2)8-9-11-6-4-5-7-12(11)13/h4-7,10H,3,8-9,13H2,1-2H3. The van der Waals surface area contributed by atoms with Gasteiger partial charge in [0.1, 0.15) is 0 Å². The van der Waals surface area contributed by atoms with Crippen LogP contribution in [0.1, 0.15) is 32.3 Å². The Kier molecular flexibility index (Phi) is 3.81. The van der Waals surface area contributed by atoms with Crippen LogP contribution in [0.25, 0.3) is 0 Å². The molecule has 0 radical (unpaired) electrons. The molecular formula is C12H19N. The molecule has 1 rings (SSSR count). The maximum Gasteiger partial charge on any atom is 0.0346 e. The SMILES string of the molecule is CCC(C)CCc1ccccc1N. The third-order valence-corrected chi connectivity index (χ3v) is 2.66. The first-order valence-corrected chi connectivity index (χ1v) is 5.07.